The van der Waals surface area contributed by atoms with E-state index in [9.17, 15) is 9.59 Å². The van der Waals surface area contributed by atoms with Gasteiger partial charge in [-0.1, -0.05) is 85.0 Å². The maximum atomic E-state index is 14.1. The average Bonchev–Trinajstić information content (AvgIpc) is 1.96. The summed E-state index contributed by atoms with van der Waals surface area (Å²) < 4.78 is 16.0. The predicted octanol–water partition coefficient (Wildman–Crippen LogP) is 14.6. The van der Waals surface area contributed by atoms with Crippen LogP contribution in [0.1, 0.15) is 80.6 Å². The Hall–Kier alpha value is -11.5. The molecule has 0 saturated heterocycles. The van der Waals surface area contributed by atoms with Gasteiger partial charge in [-0.2, -0.15) is 0 Å². The Balaban J connectivity index is 0.899. The topological polar surface area (TPSA) is 203 Å². The van der Waals surface area contributed by atoms with Crippen molar-refractivity contribution in [1.82, 2.24) is 59.0 Å². The third kappa shape index (κ3) is 10.6. The molecule has 0 saturated carbocycles. The van der Waals surface area contributed by atoms with E-state index in [1.165, 1.54) is 0 Å². The predicted molar refractivity (Wildman–Crippen MR) is 357 cm³/mol. The molecule has 0 unspecified atom stereocenters. The summed E-state index contributed by atoms with van der Waals surface area (Å²) in [7, 11) is 3.94. The Morgan fingerprint density at radius 2 is 0.678 bits per heavy atom. The monoisotopic (exact) mass is 1180 g/mol. The van der Waals surface area contributed by atoms with Gasteiger partial charge >= 0.3 is 11.9 Å². The number of hydrogen-bond acceptors (Lipinski definition) is 10. The Kier molecular flexibility index (Phi) is 14.5. The molecule has 6 aliphatic heterocycles. The molecule has 2 aromatic carbocycles. The second kappa shape index (κ2) is 23.6. The van der Waals surface area contributed by atoms with Gasteiger partial charge in [-0.15, -0.1) is 0 Å². The lowest BCUT2D eigenvalue weighted by Crippen LogP contribution is -2.07. The smallest absolute Gasteiger partial charge is 0.306 e. The molecule has 0 spiro atoms. The largest absolute Gasteiger partial charge is 0.461 e. The molecule has 0 aliphatic carbocycles. The first kappa shape index (κ1) is 55.1. The van der Waals surface area contributed by atoms with Crippen LogP contribution in [0, 0.1) is 0 Å². The number of hydrogen-bond donors (Lipinski definition) is 4. The van der Waals surface area contributed by atoms with Gasteiger partial charge in [-0.3, -0.25) is 9.59 Å². The van der Waals surface area contributed by atoms with Crippen molar-refractivity contribution < 1.29 is 19.1 Å². The molecular formula is C74H60N12O4. The lowest BCUT2D eigenvalue weighted by Gasteiger charge is -2.07. The molecule has 8 aromatic heterocycles. The molecule has 6 aliphatic rings. The minimum absolute atomic E-state index is 0.0634. The van der Waals surface area contributed by atoms with Gasteiger partial charge in [0.2, 0.25) is 0 Å². The molecule has 16 rings (SSSR count). The molecular weight excluding hydrogens is 1120 g/mol. The fourth-order valence-corrected chi connectivity index (χ4v) is 12.5. The van der Waals surface area contributed by atoms with E-state index in [4.69, 9.17) is 39.4 Å². The van der Waals surface area contributed by atoms with E-state index in [0.29, 0.717) is 48.6 Å². The van der Waals surface area contributed by atoms with Gasteiger partial charge < -0.3 is 38.5 Å². The lowest BCUT2D eigenvalue weighted by atomic mass is 10.0. The van der Waals surface area contributed by atoms with Crippen molar-refractivity contribution in [1.29, 1.82) is 0 Å². The highest BCUT2D eigenvalue weighted by Crippen LogP contribution is 2.37. The summed E-state index contributed by atoms with van der Waals surface area (Å²) in [5.74, 6) is 0.737. The van der Waals surface area contributed by atoms with Crippen molar-refractivity contribution in [3.8, 4) is 45.0 Å². The van der Waals surface area contributed by atoms with E-state index in [1.54, 1.807) is 12.4 Å². The van der Waals surface area contributed by atoms with Crippen molar-refractivity contribution in [3.05, 3.63) is 226 Å². The number of imidazole rings is 2. The van der Waals surface area contributed by atoms with Crippen molar-refractivity contribution in [3.63, 3.8) is 0 Å². The molecule has 0 radical (unpaired) electrons. The van der Waals surface area contributed by atoms with Gasteiger partial charge in [0.25, 0.3) is 0 Å². The minimum Gasteiger partial charge on any atom is -0.461 e. The normalized spacial score (nSPS) is 14.7. The number of H-pyrrole nitrogens is 4. The number of aromatic nitrogens is 12. The highest BCUT2D eigenvalue weighted by molar-refractivity contribution is 5.96. The van der Waals surface area contributed by atoms with Crippen LogP contribution in [0.5, 0.6) is 0 Å². The first-order valence-corrected chi connectivity index (χ1v) is 30.2. The molecule has 16 heteroatoms. The van der Waals surface area contributed by atoms with Crippen molar-refractivity contribution >= 4 is 105 Å². The summed E-state index contributed by atoms with van der Waals surface area (Å²) >= 11 is 0. The number of benzene rings is 2. The molecule has 4 N–H and O–H groups in total. The number of esters is 2. The molecule has 0 atom stereocenters. The summed E-state index contributed by atoms with van der Waals surface area (Å²) in [5, 5.41) is 0. The Morgan fingerprint density at radius 3 is 1.04 bits per heavy atom. The number of nitrogens with one attached hydrogen (secondary N) is 4. The van der Waals surface area contributed by atoms with E-state index < -0.39 is 0 Å². The fraction of sp³-hybridized carbons (Fsp3) is 0.135. The number of fused-ring (bicyclic) bond motifs is 16. The van der Waals surface area contributed by atoms with Crippen LogP contribution in [0.25, 0.3) is 138 Å². The molecule has 90 heavy (non-hydrogen) atoms. The van der Waals surface area contributed by atoms with E-state index in [1.807, 2.05) is 145 Å². The molecule has 20 bridgehead atoms. The Labute approximate surface area is 517 Å². The molecule has 10 aromatic rings. The van der Waals surface area contributed by atoms with Crippen LogP contribution in [0.2, 0.25) is 0 Å². The zero-order valence-electron chi connectivity index (χ0n) is 49.5. The number of carbonyl (C=O) groups excluding carboxylic acids is 2. The number of aromatic amines is 4. The SMILES string of the molecule is Cn1ccnc1-c1c2nc(c3c4ccc([nH]4)c(-c4ccccc4)c4nc(c(c5ccc1[nH]5)C/C=C\COC(=O)CCc1c5nc(c(-c6ccccc6)c6ccc([nH]6)c(c6nc(c(-c7nccn7C)c7ccc1[nH]7)C=C6)CCC(=O)OCC=CC3)C=C5)C=C4)C=C2. The zero-order chi connectivity index (χ0) is 60.7. The zero-order valence-corrected chi connectivity index (χ0v) is 49.5. The molecule has 0 fully saturated rings. The highest BCUT2D eigenvalue weighted by Gasteiger charge is 2.23. The number of aryl methyl sites for hydroxylation is 4. The lowest BCUT2D eigenvalue weighted by molar-refractivity contribution is -0.143. The number of ether oxygens (including phenoxy) is 2. The van der Waals surface area contributed by atoms with Gasteiger partial charge in [0, 0.05) is 118 Å². The molecule has 440 valence electrons. The van der Waals surface area contributed by atoms with Crippen LogP contribution in [0.15, 0.2) is 158 Å². The van der Waals surface area contributed by atoms with E-state index in [2.05, 4.69) is 92.8 Å². The maximum Gasteiger partial charge on any atom is 0.306 e. The van der Waals surface area contributed by atoms with Crippen LogP contribution in [-0.2, 0) is 58.8 Å². The standard InChI is InChI=1S/C74H60N12O4/c1-85-41-39-75-73(85)71-63-33-25-53(81-63)47-17-9-11-43-89-67(87)37-19-49-55-23-31-61(79-55)70(46-15-7-4-8-16-46)62-32-24-56(80-62)50(58-28-36-66(84-58)72(65-35-27-57(49)83-65)74-76-40-42-86(74)2)20-38-68(88)90-44-12-10-18-48(54-26-34-64(71)82-54)52-22-30-60(78-52)69(45-13-5-3-6-14-45)59-29-21-51(47)77-59/h3-16,21-36,39-42,77,79,82,84H,17-20,37-38,43-44H2,1-2H3/b11-9?,12-10-,51-47?,52-48?,53-47?,54-48?,55-49?,56-50?,57-49?,58-50?,69-59?,69-60?,70-61?,70-62?,71-63?,71-64?,72-65?,72-66?. The second-order valence-electron chi connectivity index (χ2n) is 22.6. The van der Waals surface area contributed by atoms with Gasteiger partial charge in [0.15, 0.2) is 0 Å². The Morgan fingerprint density at radius 1 is 0.356 bits per heavy atom. The van der Waals surface area contributed by atoms with Crippen LogP contribution in [0.3, 0.4) is 0 Å². The summed E-state index contributed by atoms with van der Waals surface area (Å²) in [6.07, 6.45) is 33.3. The van der Waals surface area contributed by atoms with Crippen LogP contribution >= 0.6 is 0 Å². The summed E-state index contributed by atoms with van der Waals surface area (Å²) in [6, 6.07) is 37.0. The number of rotatable bonds is 4. The van der Waals surface area contributed by atoms with Gasteiger partial charge in [0.1, 0.15) is 24.9 Å². The van der Waals surface area contributed by atoms with Crippen molar-refractivity contribution in [2.45, 2.75) is 38.5 Å². The Bertz CT molecular complexity index is 5060. The van der Waals surface area contributed by atoms with Crippen molar-refractivity contribution in [2.75, 3.05) is 13.2 Å². The minimum atomic E-state index is -0.354. The third-order valence-electron chi connectivity index (χ3n) is 17.0. The number of allylic oxidation sites excluding steroid dienone is 2. The van der Waals surface area contributed by atoms with Crippen LogP contribution < -0.4 is 0 Å². The van der Waals surface area contributed by atoms with Gasteiger partial charge in [-0.25, -0.2) is 29.9 Å². The highest BCUT2D eigenvalue weighted by atomic mass is 16.5. The van der Waals surface area contributed by atoms with E-state index in [-0.39, 0.29) is 38.0 Å². The van der Waals surface area contributed by atoms with E-state index in [0.717, 1.165) is 134 Å². The second-order valence-corrected chi connectivity index (χ2v) is 22.6. The third-order valence-corrected chi connectivity index (χ3v) is 17.0. The van der Waals surface area contributed by atoms with Crippen molar-refractivity contribution in [2.24, 2.45) is 14.1 Å². The first-order chi connectivity index (χ1) is 44.2. The van der Waals surface area contributed by atoms with Gasteiger partial charge in [0.05, 0.1) is 67.7 Å². The quantitative estimate of drug-likeness (QED) is 0.0970. The molecule has 14 heterocycles. The summed E-state index contributed by atoms with van der Waals surface area (Å²) in [4.78, 5) is 74.4. The van der Waals surface area contributed by atoms with E-state index >= 15 is 0 Å². The summed E-state index contributed by atoms with van der Waals surface area (Å²) in [6.45, 7) is 0.127. The first-order valence-electron chi connectivity index (χ1n) is 30.2. The molecule has 0 amide bonds. The van der Waals surface area contributed by atoms with Crippen LogP contribution in [0.4, 0.5) is 0 Å². The molecule has 16 nitrogen and oxygen atoms in total. The summed E-state index contributed by atoms with van der Waals surface area (Å²) in [5.41, 5.74) is 21.6. The number of carbonyl (C=O) groups is 2. The van der Waals surface area contributed by atoms with Gasteiger partial charge in [-0.05, 0) is 134 Å². The fourth-order valence-electron chi connectivity index (χ4n) is 12.5. The number of nitrogens with zero attached hydrogens (tertiary/aromatic N) is 8. The maximum absolute atomic E-state index is 14.1. The average molecular weight is 1180 g/mol. The van der Waals surface area contributed by atoms with Crippen LogP contribution in [-0.4, -0.2) is 84.1 Å².